The van der Waals surface area contributed by atoms with Crippen LogP contribution in [0.5, 0.6) is 0 Å². The molecule has 0 bridgehead atoms. The van der Waals surface area contributed by atoms with Gasteiger partial charge in [0.05, 0.1) is 4.88 Å². The Kier molecular flexibility index (Phi) is 5.47. The summed E-state index contributed by atoms with van der Waals surface area (Å²) in [6.07, 6.45) is 0. The molecule has 1 amide bonds. The first-order valence-corrected chi connectivity index (χ1v) is 7.78. The van der Waals surface area contributed by atoms with Crippen LogP contribution < -0.4 is 10.6 Å². The molecule has 3 nitrogen and oxygen atoms in total. The van der Waals surface area contributed by atoms with Crippen LogP contribution in [0, 0.1) is 12.7 Å². The first kappa shape index (κ1) is 15.7. The van der Waals surface area contributed by atoms with Gasteiger partial charge in [0.1, 0.15) is 5.82 Å². The van der Waals surface area contributed by atoms with E-state index in [-0.39, 0.29) is 11.7 Å². The summed E-state index contributed by atoms with van der Waals surface area (Å²) in [6.45, 7) is 6.26. The number of likely N-dealkylation sites (N-methyl/N-ethyl adjacent to an activating group) is 1. The van der Waals surface area contributed by atoms with Crippen molar-refractivity contribution in [1.82, 2.24) is 10.6 Å². The molecule has 112 valence electrons. The van der Waals surface area contributed by atoms with Crippen molar-refractivity contribution in [2.75, 3.05) is 19.6 Å². The van der Waals surface area contributed by atoms with Crippen LogP contribution in [-0.2, 0) is 0 Å². The minimum Gasteiger partial charge on any atom is -0.350 e. The molecule has 5 heteroatoms. The number of hydrogen-bond donors (Lipinski definition) is 2. The Hall–Kier alpha value is -1.72. The lowest BCUT2D eigenvalue weighted by Gasteiger charge is -2.03. The van der Waals surface area contributed by atoms with Crippen molar-refractivity contribution < 1.29 is 9.18 Å². The highest BCUT2D eigenvalue weighted by Gasteiger charge is 2.13. The third-order valence-corrected chi connectivity index (χ3v) is 4.18. The van der Waals surface area contributed by atoms with Crippen molar-refractivity contribution in [2.24, 2.45) is 0 Å². The topological polar surface area (TPSA) is 41.1 Å². The standard InChI is InChI=1S/C16H19FN2OS/c1-3-18-8-9-19-16(20)15-10-14(11(2)21-15)12-4-6-13(17)7-5-12/h4-7,10,18H,3,8-9H2,1-2H3,(H,19,20). The predicted molar refractivity (Wildman–Crippen MR) is 85.3 cm³/mol. The molecule has 0 saturated heterocycles. The Morgan fingerprint density at radius 3 is 2.62 bits per heavy atom. The van der Waals surface area contributed by atoms with Crippen molar-refractivity contribution in [3.63, 3.8) is 0 Å². The average Bonchev–Trinajstić information content (AvgIpc) is 2.86. The van der Waals surface area contributed by atoms with Crippen molar-refractivity contribution in [2.45, 2.75) is 13.8 Å². The van der Waals surface area contributed by atoms with Crippen LogP contribution in [0.3, 0.4) is 0 Å². The molecule has 2 rings (SSSR count). The highest BCUT2D eigenvalue weighted by molar-refractivity contribution is 7.14. The number of nitrogens with one attached hydrogen (secondary N) is 2. The van der Waals surface area contributed by atoms with E-state index in [2.05, 4.69) is 10.6 Å². The quantitative estimate of drug-likeness (QED) is 0.805. The maximum absolute atomic E-state index is 13.0. The SMILES string of the molecule is CCNCCNC(=O)c1cc(-c2ccc(F)cc2)c(C)s1. The molecule has 0 aliphatic carbocycles. The van der Waals surface area contributed by atoms with E-state index in [1.165, 1.54) is 23.5 Å². The molecule has 2 aromatic rings. The highest BCUT2D eigenvalue weighted by Crippen LogP contribution is 2.31. The van der Waals surface area contributed by atoms with Gasteiger partial charge in [0.25, 0.3) is 5.91 Å². The molecule has 0 atom stereocenters. The second-order valence-corrected chi connectivity index (χ2v) is 5.95. The summed E-state index contributed by atoms with van der Waals surface area (Å²) in [7, 11) is 0. The van der Waals surface area contributed by atoms with Gasteiger partial charge in [-0.3, -0.25) is 4.79 Å². The minimum absolute atomic E-state index is 0.0608. The van der Waals surface area contributed by atoms with Crippen molar-refractivity contribution in [3.05, 3.63) is 45.9 Å². The molecule has 0 aliphatic heterocycles. The summed E-state index contributed by atoms with van der Waals surface area (Å²) in [5, 5.41) is 6.04. The number of carbonyl (C=O) groups is 1. The number of amides is 1. The normalized spacial score (nSPS) is 10.6. The van der Waals surface area contributed by atoms with Crippen LogP contribution >= 0.6 is 11.3 Å². The summed E-state index contributed by atoms with van der Waals surface area (Å²) in [5.74, 6) is -0.317. The Morgan fingerprint density at radius 1 is 1.24 bits per heavy atom. The zero-order valence-corrected chi connectivity index (χ0v) is 13.0. The molecule has 0 aliphatic rings. The molecule has 0 spiro atoms. The van der Waals surface area contributed by atoms with Gasteiger partial charge in [-0.1, -0.05) is 19.1 Å². The fourth-order valence-electron chi connectivity index (χ4n) is 2.04. The smallest absolute Gasteiger partial charge is 0.261 e. The third kappa shape index (κ3) is 4.12. The van der Waals surface area contributed by atoms with E-state index in [0.717, 1.165) is 29.1 Å². The highest BCUT2D eigenvalue weighted by atomic mass is 32.1. The largest absolute Gasteiger partial charge is 0.350 e. The second-order valence-electron chi connectivity index (χ2n) is 4.70. The van der Waals surface area contributed by atoms with Crippen LogP contribution in [0.2, 0.25) is 0 Å². The van der Waals surface area contributed by atoms with E-state index in [1.54, 1.807) is 12.1 Å². The fraction of sp³-hybridized carbons (Fsp3) is 0.312. The van der Waals surface area contributed by atoms with Gasteiger partial charge in [-0.25, -0.2) is 4.39 Å². The van der Waals surface area contributed by atoms with Crippen LogP contribution in [0.15, 0.2) is 30.3 Å². The fourth-order valence-corrected chi connectivity index (χ4v) is 3.00. The first-order valence-electron chi connectivity index (χ1n) is 6.97. The van der Waals surface area contributed by atoms with Gasteiger partial charge in [-0.15, -0.1) is 11.3 Å². The summed E-state index contributed by atoms with van der Waals surface area (Å²) in [4.78, 5) is 13.8. The number of aryl methyl sites for hydroxylation is 1. The number of carbonyl (C=O) groups excluding carboxylic acids is 1. The van der Waals surface area contributed by atoms with Crippen molar-refractivity contribution in [1.29, 1.82) is 0 Å². The molecule has 1 aromatic heterocycles. The molecule has 21 heavy (non-hydrogen) atoms. The molecular formula is C16H19FN2OS. The van der Waals surface area contributed by atoms with Gasteiger partial charge in [-0.2, -0.15) is 0 Å². The maximum Gasteiger partial charge on any atom is 0.261 e. The number of thiophene rings is 1. The molecule has 0 unspecified atom stereocenters. The van der Waals surface area contributed by atoms with Crippen LogP contribution in [-0.4, -0.2) is 25.5 Å². The summed E-state index contributed by atoms with van der Waals surface area (Å²) in [5.41, 5.74) is 1.91. The summed E-state index contributed by atoms with van der Waals surface area (Å²) in [6, 6.07) is 8.20. The van der Waals surface area contributed by atoms with Crippen LogP contribution in [0.25, 0.3) is 11.1 Å². The van der Waals surface area contributed by atoms with E-state index in [9.17, 15) is 9.18 Å². The van der Waals surface area contributed by atoms with E-state index >= 15 is 0 Å². The third-order valence-electron chi connectivity index (χ3n) is 3.13. The van der Waals surface area contributed by atoms with Gasteiger partial charge in [0.2, 0.25) is 0 Å². The van der Waals surface area contributed by atoms with Crippen molar-refractivity contribution >= 4 is 17.2 Å². The van der Waals surface area contributed by atoms with Gasteiger partial charge in [0.15, 0.2) is 0 Å². The molecule has 0 fully saturated rings. The zero-order valence-electron chi connectivity index (χ0n) is 12.2. The lowest BCUT2D eigenvalue weighted by molar-refractivity contribution is 0.0958. The van der Waals surface area contributed by atoms with E-state index < -0.39 is 0 Å². The predicted octanol–water partition coefficient (Wildman–Crippen LogP) is 3.20. The number of hydrogen-bond acceptors (Lipinski definition) is 3. The van der Waals surface area contributed by atoms with E-state index in [1.807, 2.05) is 19.9 Å². The van der Waals surface area contributed by atoms with Gasteiger partial charge in [-0.05, 0) is 42.8 Å². The number of benzene rings is 1. The monoisotopic (exact) mass is 306 g/mol. The molecule has 0 saturated carbocycles. The Morgan fingerprint density at radius 2 is 1.95 bits per heavy atom. The summed E-state index contributed by atoms with van der Waals surface area (Å²) < 4.78 is 13.0. The average molecular weight is 306 g/mol. The molecule has 2 N–H and O–H groups in total. The van der Waals surface area contributed by atoms with Gasteiger partial charge in [0, 0.05) is 18.0 Å². The number of halogens is 1. The lowest BCUT2D eigenvalue weighted by atomic mass is 10.1. The molecular weight excluding hydrogens is 287 g/mol. The lowest BCUT2D eigenvalue weighted by Crippen LogP contribution is -2.31. The molecule has 1 heterocycles. The molecule has 0 radical (unpaired) electrons. The second kappa shape index (κ2) is 7.33. The minimum atomic E-state index is -0.256. The van der Waals surface area contributed by atoms with E-state index in [4.69, 9.17) is 0 Å². The zero-order chi connectivity index (χ0) is 15.2. The van der Waals surface area contributed by atoms with E-state index in [0.29, 0.717) is 11.4 Å². The Labute approximate surface area is 128 Å². The van der Waals surface area contributed by atoms with Crippen molar-refractivity contribution in [3.8, 4) is 11.1 Å². The van der Waals surface area contributed by atoms with Crippen LogP contribution in [0.1, 0.15) is 21.5 Å². The van der Waals surface area contributed by atoms with Gasteiger partial charge >= 0.3 is 0 Å². The first-order chi connectivity index (χ1) is 10.1. The van der Waals surface area contributed by atoms with Gasteiger partial charge < -0.3 is 10.6 Å². The Bertz CT molecular complexity index is 607. The Balaban J connectivity index is 2.08. The number of rotatable bonds is 6. The van der Waals surface area contributed by atoms with Crippen LogP contribution in [0.4, 0.5) is 4.39 Å². The maximum atomic E-state index is 13.0. The molecule has 1 aromatic carbocycles. The summed E-state index contributed by atoms with van der Waals surface area (Å²) >= 11 is 1.46.